The fourth-order valence-corrected chi connectivity index (χ4v) is 2.37. The molecule has 18 heavy (non-hydrogen) atoms. The van der Waals surface area contributed by atoms with Crippen molar-refractivity contribution < 1.29 is 15.0 Å². The van der Waals surface area contributed by atoms with E-state index in [0.717, 1.165) is 18.4 Å². The molecule has 0 aromatic carbocycles. The van der Waals surface area contributed by atoms with E-state index in [1.165, 1.54) is 0 Å². The summed E-state index contributed by atoms with van der Waals surface area (Å²) < 4.78 is 0. The Hall–Kier alpha value is -0.930. The molecule has 0 bridgehead atoms. The van der Waals surface area contributed by atoms with Gasteiger partial charge in [-0.05, 0) is 31.3 Å². The molecule has 3 nitrogen and oxygen atoms in total. The van der Waals surface area contributed by atoms with Gasteiger partial charge in [0.2, 0.25) is 0 Å². The molecule has 1 aliphatic carbocycles. The van der Waals surface area contributed by atoms with Gasteiger partial charge in [-0.2, -0.15) is 0 Å². The molecule has 3 heteroatoms. The van der Waals surface area contributed by atoms with Gasteiger partial charge in [-0.15, -0.1) is 0 Å². The van der Waals surface area contributed by atoms with Crippen molar-refractivity contribution >= 4 is 5.78 Å². The Kier molecular flexibility index (Phi) is 5.29. The zero-order valence-electron chi connectivity index (χ0n) is 11.5. The van der Waals surface area contributed by atoms with Crippen LogP contribution >= 0.6 is 0 Å². The molecule has 2 N–H and O–H groups in total. The molecule has 0 aromatic rings. The second-order valence-electron chi connectivity index (χ2n) is 5.69. The molecule has 0 aliphatic heterocycles. The molecular weight excluding hydrogens is 228 g/mol. The van der Waals surface area contributed by atoms with Crippen molar-refractivity contribution in [2.75, 3.05) is 0 Å². The minimum absolute atomic E-state index is 0.200. The molecule has 0 radical (unpaired) electrons. The predicted molar refractivity (Wildman–Crippen MR) is 72.1 cm³/mol. The van der Waals surface area contributed by atoms with E-state index >= 15 is 0 Å². The summed E-state index contributed by atoms with van der Waals surface area (Å²) in [5.74, 6) is -0.188. The number of hydrogen-bond donors (Lipinski definition) is 2. The number of ketones is 1. The van der Waals surface area contributed by atoms with Crippen molar-refractivity contribution in [1.82, 2.24) is 0 Å². The van der Waals surface area contributed by atoms with E-state index in [4.69, 9.17) is 0 Å². The van der Waals surface area contributed by atoms with E-state index in [0.29, 0.717) is 12.0 Å². The molecule has 0 aromatic heterocycles. The highest BCUT2D eigenvalue weighted by molar-refractivity contribution is 5.85. The summed E-state index contributed by atoms with van der Waals surface area (Å²) in [6.07, 6.45) is 1.99. The highest BCUT2D eigenvalue weighted by atomic mass is 16.3. The number of hydrogen-bond acceptors (Lipinski definition) is 3. The van der Waals surface area contributed by atoms with Crippen LogP contribution in [-0.4, -0.2) is 28.2 Å². The van der Waals surface area contributed by atoms with Crippen LogP contribution in [0.25, 0.3) is 0 Å². The average Bonchev–Trinajstić information content (AvgIpc) is 2.26. The predicted octanol–water partition coefficient (Wildman–Crippen LogP) is 2.24. The average molecular weight is 252 g/mol. The van der Waals surface area contributed by atoms with Gasteiger partial charge >= 0.3 is 0 Å². The van der Waals surface area contributed by atoms with Gasteiger partial charge in [-0.25, -0.2) is 0 Å². The van der Waals surface area contributed by atoms with Crippen LogP contribution in [0.5, 0.6) is 0 Å². The standard InChI is InChI=1S/C15H24O3/c1-9(2)7-14(17)15(18)11(4)12-6-5-10(3)8-13(12)16/h8-9,12-13,15-16,18H,4-7H2,1-3H3/t12-,13+,15-/m0/s1. The lowest BCUT2D eigenvalue weighted by atomic mass is 9.80. The summed E-state index contributed by atoms with van der Waals surface area (Å²) in [5.41, 5.74) is 1.60. The molecule has 0 heterocycles. The second-order valence-corrected chi connectivity index (χ2v) is 5.69. The van der Waals surface area contributed by atoms with Gasteiger partial charge in [0.15, 0.2) is 5.78 Å². The highest BCUT2D eigenvalue weighted by Crippen LogP contribution is 2.30. The fourth-order valence-electron chi connectivity index (χ4n) is 2.37. The lowest BCUT2D eigenvalue weighted by Gasteiger charge is -2.29. The van der Waals surface area contributed by atoms with Gasteiger partial charge in [0.05, 0.1) is 6.10 Å². The maximum absolute atomic E-state index is 11.8. The Balaban J connectivity index is 2.67. The van der Waals surface area contributed by atoms with E-state index in [-0.39, 0.29) is 17.6 Å². The first kappa shape index (κ1) is 15.1. The van der Waals surface area contributed by atoms with Crippen LogP contribution in [0.15, 0.2) is 23.8 Å². The van der Waals surface area contributed by atoms with E-state index in [1.807, 2.05) is 20.8 Å². The van der Waals surface area contributed by atoms with Crippen molar-refractivity contribution in [3.8, 4) is 0 Å². The van der Waals surface area contributed by atoms with Crippen LogP contribution in [0.3, 0.4) is 0 Å². The first-order chi connectivity index (χ1) is 8.32. The Morgan fingerprint density at radius 3 is 2.67 bits per heavy atom. The molecule has 1 aliphatic rings. The number of rotatable bonds is 5. The van der Waals surface area contributed by atoms with E-state index < -0.39 is 12.2 Å². The molecule has 0 unspecified atom stereocenters. The van der Waals surface area contributed by atoms with E-state index in [1.54, 1.807) is 6.08 Å². The smallest absolute Gasteiger partial charge is 0.165 e. The third kappa shape index (κ3) is 3.79. The molecule has 3 atom stereocenters. The molecule has 0 fully saturated rings. The maximum Gasteiger partial charge on any atom is 0.165 e. The summed E-state index contributed by atoms with van der Waals surface area (Å²) in [6, 6.07) is 0. The van der Waals surface area contributed by atoms with Crippen LogP contribution < -0.4 is 0 Å². The summed E-state index contributed by atoms with van der Waals surface area (Å²) in [7, 11) is 0. The van der Waals surface area contributed by atoms with E-state index in [9.17, 15) is 15.0 Å². The van der Waals surface area contributed by atoms with Crippen molar-refractivity contribution in [2.24, 2.45) is 11.8 Å². The van der Waals surface area contributed by atoms with Crippen molar-refractivity contribution in [3.63, 3.8) is 0 Å². The van der Waals surface area contributed by atoms with Crippen LogP contribution in [0.4, 0.5) is 0 Å². The van der Waals surface area contributed by atoms with Crippen molar-refractivity contribution in [2.45, 2.75) is 52.2 Å². The quantitative estimate of drug-likeness (QED) is 0.738. The van der Waals surface area contributed by atoms with Crippen LogP contribution in [-0.2, 0) is 4.79 Å². The lowest BCUT2D eigenvalue weighted by Crippen LogP contribution is -2.33. The van der Waals surface area contributed by atoms with Crippen LogP contribution in [0, 0.1) is 11.8 Å². The molecule has 0 amide bonds. The highest BCUT2D eigenvalue weighted by Gasteiger charge is 2.30. The molecule has 102 valence electrons. The third-order valence-corrected chi connectivity index (χ3v) is 3.46. The van der Waals surface area contributed by atoms with Crippen molar-refractivity contribution in [1.29, 1.82) is 0 Å². The minimum atomic E-state index is -1.14. The summed E-state index contributed by atoms with van der Waals surface area (Å²) in [6.45, 7) is 9.68. The second kappa shape index (κ2) is 6.30. The number of carbonyl (C=O) groups is 1. The molecule has 0 saturated heterocycles. The fraction of sp³-hybridized carbons (Fsp3) is 0.667. The first-order valence-corrected chi connectivity index (χ1v) is 6.57. The third-order valence-electron chi connectivity index (χ3n) is 3.46. The maximum atomic E-state index is 11.8. The Labute approximate surface area is 109 Å². The van der Waals surface area contributed by atoms with Gasteiger partial charge in [0.1, 0.15) is 6.10 Å². The summed E-state index contributed by atoms with van der Waals surface area (Å²) in [4.78, 5) is 11.8. The van der Waals surface area contributed by atoms with Gasteiger partial charge in [-0.1, -0.05) is 32.1 Å². The molecule has 0 saturated carbocycles. The zero-order chi connectivity index (χ0) is 13.9. The number of aliphatic hydroxyl groups excluding tert-OH is 2. The van der Waals surface area contributed by atoms with Crippen LogP contribution in [0.2, 0.25) is 0 Å². The molecule has 1 rings (SSSR count). The number of carbonyl (C=O) groups excluding carboxylic acids is 1. The number of aliphatic hydroxyl groups is 2. The monoisotopic (exact) mass is 252 g/mol. The topological polar surface area (TPSA) is 57.5 Å². The summed E-state index contributed by atoms with van der Waals surface area (Å²) >= 11 is 0. The Morgan fingerprint density at radius 2 is 2.17 bits per heavy atom. The van der Waals surface area contributed by atoms with Crippen molar-refractivity contribution in [3.05, 3.63) is 23.8 Å². The lowest BCUT2D eigenvalue weighted by molar-refractivity contribution is -0.126. The number of allylic oxidation sites excluding steroid dienone is 1. The summed E-state index contributed by atoms with van der Waals surface area (Å²) in [5, 5.41) is 20.0. The first-order valence-electron chi connectivity index (χ1n) is 6.57. The number of Topliss-reactive ketones (excluding diaryl/α,β-unsaturated/α-hetero) is 1. The largest absolute Gasteiger partial charge is 0.388 e. The normalized spacial score (nSPS) is 25.8. The SMILES string of the molecule is C=C([C@H](O)C(=O)CC(C)C)[C@@H]1CCC(C)=C[C@H]1O. The minimum Gasteiger partial charge on any atom is -0.388 e. The zero-order valence-corrected chi connectivity index (χ0v) is 11.5. The van der Waals surface area contributed by atoms with Gasteiger partial charge in [0, 0.05) is 12.3 Å². The van der Waals surface area contributed by atoms with E-state index in [2.05, 4.69) is 6.58 Å². The molecular formula is C15H24O3. The molecule has 0 spiro atoms. The van der Waals surface area contributed by atoms with Gasteiger partial charge in [0.25, 0.3) is 0 Å². The Morgan fingerprint density at radius 1 is 1.56 bits per heavy atom. The Bertz CT molecular complexity index is 355. The van der Waals surface area contributed by atoms with Gasteiger partial charge < -0.3 is 10.2 Å². The van der Waals surface area contributed by atoms with Gasteiger partial charge in [-0.3, -0.25) is 4.79 Å². The van der Waals surface area contributed by atoms with Crippen LogP contribution in [0.1, 0.15) is 40.0 Å².